The first-order valence-electron chi connectivity index (χ1n) is 6.93. The van der Waals surface area contributed by atoms with Crippen LogP contribution in [0.3, 0.4) is 0 Å². The fraction of sp³-hybridized carbons (Fsp3) is 0.176. The van der Waals surface area contributed by atoms with Gasteiger partial charge in [-0.1, -0.05) is 29.8 Å². The molecule has 0 aliphatic heterocycles. The number of para-hydroxylation sites is 1. The van der Waals surface area contributed by atoms with Crippen molar-refractivity contribution >= 4 is 28.9 Å². The Labute approximate surface area is 134 Å². The summed E-state index contributed by atoms with van der Waals surface area (Å²) in [7, 11) is 0. The maximum absolute atomic E-state index is 12.2. The van der Waals surface area contributed by atoms with Crippen LogP contribution >= 0.6 is 11.6 Å². The predicted molar refractivity (Wildman–Crippen MR) is 89.1 cm³/mol. The first kappa shape index (κ1) is 15.9. The van der Waals surface area contributed by atoms with E-state index < -0.39 is 0 Å². The average molecular weight is 314 g/mol. The minimum absolute atomic E-state index is 0.133. The van der Waals surface area contributed by atoms with E-state index in [0.29, 0.717) is 16.3 Å². The minimum atomic E-state index is -0.133. The molecule has 0 heterocycles. The molecule has 5 heteroatoms. The molecule has 0 aliphatic rings. The largest absolute Gasteiger partial charge is 0.362 e. The fourth-order valence-electron chi connectivity index (χ4n) is 2.08. The van der Waals surface area contributed by atoms with Crippen LogP contribution in [0.4, 0.5) is 11.4 Å². The molecule has 4 nitrogen and oxygen atoms in total. The highest BCUT2D eigenvalue weighted by Crippen LogP contribution is 2.20. The van der Waals surface area contributed by atoms with Gasteiger partial charge in [0.05, 0.1) is 17.1 Å². The number of amides is 1. The van der Waals surface area contributed by atoms with Gasteiger partial charge < -0.3 is 10.2 Å². The number of carbonyl (C=O) groups excluding carboxylic acids is 1. The second-order valence-corrected chi connectivity index (χ2v) is 5.11. The molecule has 2 rings (SSSR count). The van der Waals surface area contributed by atoms with Crippen molar-refractivity contribution in [2.24, 2.45) is 0 Å². The van der Waals surface area contributed by atoms with Gasteiger partial charge in [0, 0.05) is 17.9 Å². The quantitative estimate of drug-likeness (QED) is 0.916. The third-order valence-corrected chi connectivity index (χ3v) is 3.52. The second-order valence-electron chi connectivity index (χ2n) is 4.70. The Hall–Kier alpha value is -2.51. The summed E-state index contributed by atoms with van der Waals surface area (Å²) in [6.07, 6.45) is 0. The normalized spacial score (nSPS) is 9.86. The zero-order valence-electron chi connectivity index (χ0n) is 12.2. The Kier molecular flexibility index (Phi) is 5.40. The summed E-state index contributed by atoms with van der Waals surface area (Å²) in [5, 5.41) is 12.0. The van der Waals surface area contributed by atoms with E-state index in [1.165, 1.54) is 0 Å². The molecule has 0 aliphatic carbocycles. The highest BCUT2D eigenvalue weighted by Gasteiger charge is 2.10. The van der Waals surface area contributed by atoms with Gasteiger partial charge >= 0.3 is 0 Å². The van der Waals surface area contributed by atoms with Crippen LogP contribution < -0.4 is 10.2 Å². The van der Waals surface area contributed by atoms with Crippen LogP contribution in [-0.2, 0) is 4.79 Å². The number of rotatable bonds is 5. The van der Waals surface area contributed by atoms with Crippen LogP contribution in [0.1, 0.15) is 12.5 Å². The average Bonchev–Trinajstić information content (AvgIpc) is 2.53. The smallest absolute Gasteiger partial charge is 0.243 e. The van der Waals surface area contributed by atoms with Crippen LogP contribution in [0.25, 0.3) is 0 Å². The molecule has 0 aromatic heterocycles. The summed E-state index contributed by atoms with van der Waals surface area (Å²) < 4.78 is 0. The number of carbonyl (C=O) groups is 1. The molecule has 0 saturated carbocycles. The summed E-state index contributed by atoms with van der Waals surface area (Å²) in [5.74, 6) is -0.133. The van der Waals surface area contributed by atoms with Gasteiger partial charge in [0.1, 0.15) is 6.07 Å². The molecule has 1 amide bonds. The number of benzene rings is 2. The lowest BCUT2D eigenvalue weighted by atomic mass is 10.2. The van der Waals surface area contributed by atoms with Gasteiger partial charge in [-0.15, -0.1) is 0 Å². The predicted octanol–water partition coefficient (Wildman–Crippen LogP) is 3.68. The molecule has 2 aromatic rings. The van der Waals surface area contributed by atoms with Crippen molar-refractivity contribution in [1.29, 1.82) is 5.26 Å². The molecule has 0 fully saturated rings. The van der Waals surface area contributed by atoms with Crippen molar-refractivity contribution < 1.29 is 4.79 Å². The third kappa shape index (κ3) is 4.00. The number of anilines is 2. The summed E-state index contributed by atoms with van der Waals surface area (Å²) in [5.41, 5.74) is 1.97. The number of hydrogen-bond acceptors (Lipinski definition) is 3. The second kappa shape index (κ2) is 7.48. The summed E-state index contributed by atoms with van der Waals surface area (Å²) in [6, 6.07) is 16.6. The Balaban J connectivity index is 2.03. The Morgan fingerprint density at radius 3 is 2.59 bits per heavy atom. The van der Waals surface area contributed by atoms with E-state index >= 15 is 0 Å². The van der Waals surface area contributed by atoms with Crippen LogP contribution in [0.2, 0.25) is 5.02 Å². The number of likely N-dealkylation sites (N-methyl/N-ethyl adjacent to an activating group) is 1. The lowest BCUT2D eigenvalue weighted by Gasteiger charge is -2.22. The van der Waals surface area contributed by atoms with E-state index in [1.54, 1.807) is 18.2 Å². The van der Waals surface area contributed by atoms with Gasteiger partial charge in [-0.3, -0.25) is 4.79 Å². The monoisotopic (exact) mass is 313 g/mol. The molecule has 0 atom stereocenters. The first-order chi connectivity index (χ1) is 10.6. The van der Waals surface area contributed by atoms with Crippen molar-refractivity contribution in [2.75, 3.05) is 23.3 Å². The summed E-state index contributed by atoms with van der Waals surface area (Å²) in [4.78, 5) is 14.1. The molecule has 0 radical (unpaired) electrons. The topological polar surface area (TPSA) is 56.1 Å². The van der Waals surface area contributed by atoms with Crippen molar-refractivity contribution in [3.05, 3.63) is 59.1 Å². The van der Waals surface area contributed by atoms with Crippen molar-refractivity contribution in [3.8, 4) is 6.07 Å². The number of nitriles is 1. The zero-order valence-corrected chi connectivity index (χ0v) is 13.0. The van der Waals surface area contributed by atoms with Gasteiger partial charge in [0.15, 0.2) is 0 Å². The Morgan fingerprint density at radius 1 is 1.27 bits per heavy atom. The van der Waals surface area contributed by atoms with Crippen molar-refractivity contribution in [1.82, 2.24) is 0 Å². The van der Waals surface area contributed by atoms with Crippen LogP contribution in [0.5, 0.6) is 0 Å². The van der Waals surface area contributed by atoms with Gasteiger partial charge in [0.25, 0.3) is 0 Å². The fourth-order valence-corrected chi connectivity index (χ4v) is 2.30. The summed E-state index contributed by atoms with van der Waals surface area (Å²) in [6.45, 7) is 2.97. The van der Waals surface area contributed by atoms with E-state index in [9.17, 15) is 4.79 Å². The number of hydrogen-bond donors (Lipinski definition) is 1. The molecule has 2 aromatic carbocycles. The first-order valence-corrected chi connectivity index (χ1v) is 7.31. The van der Waals surface area contributed by atoms with Gasteiger partial charge in [-0.05, 0) is 37.3 Å². The molecular formula is C17H16ClN3O. The number of nitrogens with zero attached hydrogens (tertiary/aromatic N) is 2. The van der Waals surface area contributed by atoms with Gasteiger partial charge in [0.2, 0.25) is 5.91 Å². The number of nitrogens with one attached hydrogen (secondary N) is 1. The Morgan fingerprint density at radius 2 is 2.00 bits per heavy atom. The molecule has 1 N–H and O–H groups in total. The third-order valence-electron chi connectivity index (χ3n) is 3.21. The zero-order chi connectivity index (χ0) is 15.9. The van der Waals surface area contributed by atoms with E-state index in [0.717, 1.165) is 12.2 Å². The maximum atomic E-state index is 12.2. The maximum Gasteiger partial charge on any atom is 0.243 e. The van der Waals surface area contributed by atoms with Crippen LogP contribution in [-0.4, -0.2) is 19.0 Å². The van der Waals surface area contributed by atoms with Gasteiger partial charge in [-0.25, -0.2) is 0 Å². The highest BCUT2D eigenvalue weighted by molar-refractivity contribution is 6.32. The standard InChI is InChI=1S/C17H16ClN3O/c1-2-21(15-6-4-3-5-7-15)12-17(22)20-14-9-8-13(11-19)16(18)10-14/h3-10H,2,12H2,1H3,(H,20,22). The Bertz CT molecular complexity index is 695. The van der Waals surface area contributed by atoms with E-state index in [2.05, 4.69) is 5.32 Å². The SMILES string of the molecule is CCN(CC(=O)Nc1ccc(C#N)c(Cl)c1)c1ccccc1. The molecule has 0 saturated heterocycles. The van der Waals surface area contributed by atoms with E-state index in [4.69, 9.17) is 16.9 Å². The van der Waals surface area contributed by atoms with Crippen LogP contribution in [0.15, 0.2) is 48.5 Å². The lowest BCUT2D eigenvalue weighted by Crippen LogP contribution is -2.33. The van der Waals surface area contributed by atoms with E-state index in [1.807, 2.05) is 48.2 Å². The molecule has 0 spiro atoms. The van der Waals surface area contributed by atoms with Crippen LogP contribution in [0, 0.1) is 11.3 Å². The molecule has 22 heavy (non-hydrogen) atoms. The molecule has 0 unspecified atom stereocenters. The lowest BCUT2D eigenvalue weighted by molar-refractivity contribution is -0.115. The number of halogens is 1. The van der Waals surface area contributed by atoms with E-state index in [-0.39, 0.29) is 12.5 Å². The molecule has 0 bridgehead atoms. The van der Waals surface area contributed by atoms with Gasteiger partial charge in [-0.2, -0.15) is 5.26 Å². The van der Waals surface area contributed by atoms with Crippen molar-refractivity contribution in [2.45, 2.75) is 6.92 Å². The minimum Gasteiger partial charge on any atom is -0.362 e. The molecule has 112 valence electrons. The van der Waals surface area contributed by atoms with Crippen molar-refractivity contribution in [3.63, 3.8) is 0 Å². The highest BCUT2D eigenvalue weighted by atomic mass is 35.5. The summed E-state index contributed by atoms with van der Waals surface area (Å²) >= 11 is 5.96. The molecular weight excluding hydrogens is 298 g/mol.